The van der Waals surface area contributed by atoms with E-state index in [0.29, 0.717) is 18.4 Å². The van der Waals surface area contributed by atoms with E-state index in [1.54, 1.807) is 6.92 Å². The average Bonchev–Trinajstić information content (AvgIpc) is 2.34. The molecule has 0 heterocycles. The van der Waals surface area contributed by atoms with Crippen LogP contribution < -0.4 is 10.5 Å². The number of primary amides is 1. The van der Waals surface area contributed by atoms with Gasteiger partial charge in [0, 0.05) is 12.1 Å². The van der Waals surface area contributed by atoms with Crippen molar-refractivity contribution in [2.45, 2.75) is 36.7 Å². The number of nitrogens with one attached hydrogen (secondary N) is 1. The Bertz CT molecular complexity index is 636. The number of amides is 1. The second kappa shape index (κ2) is 5.16. The molecule has 0 saturated heterocycles. The Labute approximate surface area is 118 Å². The molecule has 110 valence electrons. The fourth-order valence-corrected chi connectivity index (χ4v) is 3.25. The zero-order chi connectivity index (χ0) is 15.0. The third-order valence-electron chi connectivity index (χ3n) is 3.66. The summed E-state index contributed by atoms with van der Waals surface area (Å²) in [7, 11) is -3.76. The summed E-state index contributed by atoms with van der Waals surface area (Å²) in [5.74, 6) is -0.669. The Balaban J connectivity index is 2.21. The van der Waals surface area contributed by atoms with E-state index in [1.165, 1.54) is 18.2 Å². The zero-order valence-corrected chi connectivity index (χ0v) is 12.0. The molecule has 6 nitrogen and oxygen atoms in total. The summed E-state index contributed by atoms with van der Waals surface area (Å²) in [5.41, 5.74) is 5.06. The quantitative estimate of drug-likeness (QED) is 0.725. The van der Waals surface area contributed by atoms with E-state index in [9.17, 15) is 18.3 Å². The summed E-state index contributed by atoms with van der Waals surface area (Å²) < 4.78 is 26.6. The molecule has 1 aliphatic carbocycles. The fraction of sp³-hybridized carbons (Fsp3) is 0.462. The van der Waals surface area contributed by atoms with Crippen LogP contribution in [0.2, 0.25) is 0 Å². The minimum absolute atomic E-state index is 0.0187. The van der Waals surface area contributed by atoms with E-state index in [4.69, 9.17) is 5.73 Å². The summed E-state index contributed by atoms with van der Waals surface area (Å²) in [4.78, 5) is 11.2. The van der Waals surface area contributed by atoms with Gasteiger partial charge in [-0.1, -0.05) is 6.07 Å². The number of carbonyl (C=O) groups excluding carboxylic acids is 1. The number of rotatable bonds is 5. The molecule has 4 N–H and O–H groups in total. The van der Waals surface area contributed by atoms with Gasteiger partial charge in [0.1, 0.15) is 0 Å². The van der Waals surface area contributed by atoms with E-state index in [1.807, 2.05) is 0 Å². The minimum Gasteiger partial charge on any atom is -0.389 e. The first-order chi connectivity index (χ1) is 9.23. The van der Waals surface area contributed by atoms with Crippen molar-refractivity contribution in [1.29, 1.82) is 0 Å². The maximum Gasteiger partial charge on any atom is 0.249 e. The first-order valence-corrected chi connectivity index (χ1v) is 7.84. The second-order valence-electron chi connectivity index (χ2n) is 5.24. The molecule has 0 atom stereocenters. The monoisotopic (exact) mass is 298 g/mol. The molecule has 1 aliphatic rings. The number of aryl methyl sites for hydroxylation is 1. The molecule has 1 aromatic rings. The second-order valence-corrected chi connectivity index (χ2v) is 7.01. The molecule has 0 unspecified atom stereocenters. The molecular formula is C13H18N2O4S. The predicted octanol–water partition coefficient (Wildman–Crippen LogP) is 0.287. The standard InChI is InChI=1S/C13H18N2O4S/c1-9-3-4-10(7-11(9)12(14)16)20(18,19)15-8-13(17)5-2-6-13/h3-4,7,15,17H,2,5-6,8H2,1H3,(H2,14,16). The van der Waals surface area contributed by atoms with Gasteiger partial charge < -0.3 is 10.8 Å². The Morgan fingerprint density at radius 3 is 2.60 bits per heavy atom. The lowest BCUT2D eigenvalue weighted by Gasteiger charge is -2.36. The molecule has 0 bridgehead atoms. The lowest BCUT2D eigenvalue weighted by Crippen LogP contribution is -2.47. The molecular weight excluding hydrogens is 280 g/mol. The highest BCUT2D eigenvalue weighted by molar-refractivity contribution is 7.89. The highest BCUT2D eigenvalue weighted by Crippen LogP contribution is 2.31. The summed E-state index contributed by atoms with van der Waals surface area (Å²) in [6.07, 6.45) is 2.08. The van der Waals surface area contributed by atoms with Crippen LogP contribution in [0, 0.1) is 6.92 Å². The molecule has 0 aromatic heterocycles. The number of hydrogen-bond donors (Lipinski definition) is 3. The topological polar surface area (TPSA) is 109 Å². The number of benzene rings is 1. The van der Waals surface area contributed by atoms with Gasteiger partial charge >= 0.3 is 0 Å². The molecule has 0 spiro atoms. The smallest absolute Gasteiger partial charge is 0.249 e. The van der Waals surface area contributed by atoms with Gasteiger partial charge in [0.2, 0.25) is 15.9 Å². The third-order valence-corrected chi connectivity index (χ3v) is 5.06. The van der Waals surface area contributed by atoms with Gasteiger partial charge in [-0.25, -0.2) is 13.1 Å². The van der Waals surface area contributed by atoms with Crippen molar-refractivity contribution < 1.29 is 18.3 Å². The van der Waals surface area contributed by atoms with Gasteiger partial charge in [-0.2, -0.15) is 0 Å². The summed E-state index contributed by atoms with van der Waals surface area (Å²) in [5, 5.41) is 9.91. The molecule has 1 amide bonds. The number of aliphatic hydroxyl groups is 1. The molecule has 1 fully saturated rings. The van der Waals surface area contributed by atoms with Crippen molar-refractivity contribution in [2.24, 2.45) is 5.73 Å². The maximum atomic E-state index is 12.1. The van der Waals surface area contributed by atoms with E-state index < -0.39 is 21.5 Å². The third kappa shape index (κ3) is 3.00. The van der Waals surface area contributed by atoms with E-state index in [2.05, 4.69) is 4.72 Å². The Hall–Kier alpha value is -1.44. The maximum absolute atomic E-state index is 12.1. The van der Waals surface area contributed by atoms with Crippen molar-refractivity contribution >= 4 is 15.9 Å². The van der Waals surface area contributed by atoms with Gasteiger partial charge in [0.15, 0.2) is 0 Å². The van der Waals surface area contributed by atoms with Gasteiger partial charge in [-0.3, -0.25) is 4.79 Å². The summed E-state index contributed by atoms with van der Waals surface area (Å²) in [6, 6.07) is 4.20. The first kappa shape index (κ1) is 15.0. The predicted molar refractivity (Wildman–Crippen MR) is 73.7 cm³/mol. The summed E-state index contributed by atoms with van der Waals surface area (Å²) in [6.45, 7) is 1.66. The Morgan fingerprint density at radius 2 is 2.10 bits per heavy atom. The van der Waals surface area contributed by atoms with Gasteiger partial charge in [0.25, 0.3) is 0 Å². The average molecular weight is 298 g/mol. The number of hydrogen-bond acceptors (Lipinski definition) is 4. The Morgan fingerprint density at radius 1 is 1.45 bits per heavy atom. The van der Waals surface area contributed by atoms with Crippen LogP contribution in [0.5, 0.6) is 0 Å². The van der Waals surface area contributed by atoms with E-state index in [0.717, 1.165) is 6.42 Å². The molecule has 2 rings (SSSR count). The van der Waals surface area contributed by atoms with Crippen LogP contribution in [-0.2, 0) is 10.0 Å². The lowest BCUT2D eigenvalue weighted by atomic mass is 9.81. The molecule has 0 aliphatic heterocycles. The van der Waals surface area contributed by atoms with Crippen LogP contribution in [0.25, 0.3) is 0 Å². The van der Waals surface area contributed by atoms with Crippen molar-refractivity contribution in [2.75, 3.05) is 6.54 Å². The fourth-order valence-electron chi connectivity index (χ4n) is 2.11. The number of sulfonamides is 1. The van der Waals surface area contributed by atoms with Crippen LogP contribution in [-0.4, -0.2) is 31.6 Å². The van der Waals surface area contributed by atoms with Crippen LogP contribution in [0.15, 0.2) is 23.1 Å². The molecule has 20 heavy (non-hydrogen) atoms. The van der Waals surface area contributed by atoms with Crippen LogP contribution in [0.3, 0.4) is 0 Å². The highest BCUT2D eigenvalue weighted by atomic mass is 32.2. The van der Waals surface area contributed by atoms with Crippen LogP contribution in [0.4, 0.5) is 0 Å². The summed E-state index contributed by atoms with van der Waals surface area (Å²) >= 11 is 0. The van der Waals surface area contributed by atoms with Crippen LogP contribution in [0.1, 0.15) is 35.2 Å². The van der Waals surface area contributed by atoms with Crippen LogP contribution >= 0.6 is 0 Å². The van der Waals surface area contributed by atoms with E-state index >= 15 is 0 Å². The molecule has 1 saturated carbocycles. The normalized spacial score (nSPS) is 17.5. The molecule has 0 radical (unpaired) electrons. The first-order valence-electron chi connectivity index (χ1n) is 6.36. The Kier molecular flexibility index (Phi) is 3.86. The largest absolute Gasteiger partial charge is 0.389 e. The van der Waals surface area contributed by atoms with Crippen molar-refractivity contribution in [1.82, 2.24) is 4.72 Å². The van der Waals surface area contributed by atoms with Gasteiger partial charge in [-0.15, -0.1) is 0 Å². The zero-order valence-electron chi connectivity index (χ0n) is 11.2. The molecule has 7 heteroatoms. The van der Waals surface area contributed by atoms with Crippen molar-refractivity contribution in [3.8, 4) is 0 Å². The number of carbonyl (C=O) groups is 1. The number of nitrogens with two attached hydrogens (primary N) is 1. The van der Waals surface area contributed by atoms with Crippen molar-refractivity contribution in [3.63, 3.8) is 0 Å². The minimum atomic E-state index is -3.76. The van der Waals surface area contributed by atoms with E-state index in [-0.39, 0.29) is 17.0 Å². The van der Waals surface area contributed by atoms with Gasteiger partial charge in [0.05, 0.1) is 10.5 Å². The highest BCUT2D eigenvalue weighted by Gasteiger charge is 2.35. The lowest BCUT2D eigenvalue weighted by molar-refractivity contribution is -0.0270. The molecule has 1 aromatic carbocycles. The van der Waals surface area contributed by atoms with Crippen molar-refractivity contribution in [3.05, 3.63) is 29.3 Å². The SMILES string of the molecule is Cc1ccc(S(=O)(=O)NCC2(O)CCC2)cc1C(N)=O. The van der Waals surface area contributed by atoms with Gasteiger partial charge in [-0.05, 0) is 43.9 Å².